The highest BCUT2D eigenvalue weighted by atomic mass is 19.4. The summed E-state index contributed by atoms with van der Waals surface area (Å²) in [5.74, 6) is 0.623. The van der Waals surface area contributed by atoms with E-state index in [9.17, 15) is 28.2 Å². The van der Waals surface area contributed by atoms with Gasteiger partial charge in [-0.3, -0.25) is 9.69 Å². The van der Waals surface area contributed by atoms with E-state index in [0.29, 0.717) is 48.2 Å². The van der Waals surface area contributed by atoms with Gasteiger partial charge in [0.25, 0.3) is 0 Å². The highest BCUT2D eigenvalue weighted by Gasteiger charge is 2.31. The van der Waals surface area contributed by atoms with Gasteiger partial charge in [-0.25, -0.2) is 9.97 Å². The Morgan fingerprint density at radius 2 is 1.67 bits per heavy atom. The zero-order chi connectivity index (χ0) is 25.7. The van der Waals surface area contributed by atoms with Gasteiger partial charge in [0.15, 0.2) is 5.82 Å². The zero-order valence-electron chi connectivity index (χ0n) is 18.9. The van der Waals surface area contributed by atoms with Gasteiger partial charge in [0.2, 0.25) is 5.91 Å². The molecule has 0 spiro atoms. The van der Waals surface area contributed by atoms with Crippen molar-refractivity contribution in [1.82, 2.24) is 20.2 Å². The van der Waals surface area contributed by atoms with Crippen molar-refractivity contribution in [2.24, 2.45) is 0 Å². The maximum Gasteiger partial charge on any atom is 0.573 e. The van der Waals surface area contributed by atoms with Gasteiger partial charge in [0.05, 0.1) is 24.5 Å². The lowest BCUT2D eigenvalue weighted by atomic mass is 10.1. The molecule has 0 bridgehead atoms. The van der Waals surface area contributed by atoms with Gasteiger partial charge in [0, 0.05) is 25.2 Å². The topological polar surface area (TPSA) is 117 Å². The number of rotatable bonds is 8. The second-order valence-electron chi connectivity index (χ2n) is 8.01. The summed E-state index contributed by atoms with van der Waals surface area (Å²) in [6, 6.07) is 13.3. The van der Waals surface area contributed by atoms with Crippen LogP contribution in [0.2, 0.25) is 0 Å². The van der Waals surface area contributed by atoms with Gasteiger partial charge in [-0.1, -0.05) is 0 Å². The predicted octanol–water partition coefficient (Wildman–Crippen LogP) is 2.79. The summed E-state index contributed by atoms with van der Waals surface area (Å²) < 4.78 is 46.4. The van der Waals surface area contributed by atoms with Crippen LogP contribution in [0.15, 0.2) is 54.6 Å². The molecule has 2 aromatic carbocycles. The molecule has 1 amide bonds. The quantitative estimate of drug-likeness (QED) is 0.429. The van der Waals surface area contributed by atoms with Crippen LogP contribution in [-0.4, -0.2) is 63.6 Å². The van der Waals surface area contributed by atoms with Crippen molar-refractivity contribution >= 4 is 5.91 Å². The molecule has 9 nitrogen and oxygen atoms in total. The first-order valence-electron chi connectivity index (χ1n) is 11.0. The molecule has 36 heavy (non-hydrogen) atoms. The molecule has 1 aromatic heterocycles. The SMILES string of the molecule is O=C1CN(Cc2cc(C(O)CO)nc(-c3ccc(Oc4ccc(OC(F)(F)F)cc4)cc3)n2)CCN1. The van der Waals surface area contributed by atoms with Crippen molar-refractivity contribution in [2.45, 2.75) is 19.0 Å². The lowest BCUT2D eigenvalue weighted by Gasteiger charge is -2.26. The predicted molar refractivity (Wildman–Crippen MR) is 121 cm³/mol. The first-order chi connectivity index (χ1) is 17.2. The molecule has 1 aliphatic rings. The lowest BCUT2D eigenvalue weighted by molar-refractivity contribution is -0.274. The Bertz CT molecular complexity index is 1190. The van der Waals surface area contributed by atoms with Gasteiger partial charge in [-0.05, 0) is 54.6 Å². The minimum atomic E-state index is -4.77. The molecule has 1 saturated heterocycles. The summed E-state index contributed by atoms with van der Waals surface area (Å²) in [4.78, 5) is 22.5. The average molecular weight is 504 g/mol. The maximum atomic E-state index is 12.3. The van der Waals surface area contributed by atoms with E-state index in [0.717, 1.165) is 12.1 Å². The van der Waals surface area contributed by atoms with Crippen LogP contribution >= 0.6 is 0 Å². The first kappa shape index (κ1) is 25.4. The standard InChI is InChI=1S/C24H23F3N4O5/c25-24(26,27)36-19-7-5-18(6-8-19)35-17-3-1-15(2-4-17)23-29-16(11-20(30-23)21(33)14-32)12-31-10-9-28-22(34)13-31/h1-8,11,21,32-33H,9-10,12-14H2,(H,28,34). The Balaban J connectivity index is 1.50. The molecule has 1 aliphatic heterocycles. The Morgan fingerprint density at radius 3 is 2.28 bits per heavy atom. The van der Waals surface area contributed by atoms with Gasteiger partial charge >= 0.3 is 6.36 Å². The molecule has 2 heterocycles. The monoisotopic (exact) mass is 504 g/mol. The van der Waals surface area contributed by atoms with Crippen molar-refractivity contribution < 1.29 is 37.7 Å². The first-order valence-corrected chi connectivity index (χ1v) is 11.0. The van der Waals surface area contributed by atoms with Crippen LogP contribution in [0.1, 0.15) is 17.5 Å². The molecule has 3 N–H and O–H groups in total. The summed E-state index contributed by atoms with van der Waals surface area (Å²) in [5.41, 5.74) is 1.44. The van der Waals surface area contributed by atoms with Gasteiger partial charge in [-0.15, -0.1) is 13.2 Å². The molecule has 12 heteroatoms. The molecule has 1 atom stereocenters. The van der Waals surface area contributed by atoms with E-state index < -0.39 is 19.1 Å². The van der Waals surface area contributed by atoms with Crippen LogP contribution in [0.25, 0.3) is 11.4 Å². The third-order valence-corrected chi connectivity index (χ3v) is 5.22. The number of nitrogens with zero attached hydrogens (tertiary/aromatic N) is 3. The highest BCUT2D eigenvalue weighted by Crippen LogP contribution is 2.29. The summed E-state index contributed by atoms with van der Waals surface area (Å²) in [5, 5.41) is 22.3. The van der Waals surface area contributed by atoms with Crippen molar-refractivity contribution in [3.8, 4) is 28.6 Å². The van der Waals surface area contributed by atoms with Crippen LogP contribution in [0, 0.1) is 0 Å². The number of hydrogen-bond donors (Lipinski definition) is 3. The molecule has 3 aromatic rings. The number of aliphatic hydroxyl groups excluding tert-OH is 2. The molecule has 4 rings (SSSR count). The van der Waals surface area contributed by atoms with Crippen molar-refractivity contribution in [3.05, 3.63) is 66.0 Å². The van der Waals surface area contributed by atoms with E-state index in [-0.39, 0.29) is 23.9 Å². The zero-order valence-corrected chi connectivity index (χ0v) is 18.9. The number of ether oxygens (including phenoxy) is 2. The van der Waals surface area contributed by atoms with Gasteiger partial charge < -0.3 is 25.0 Å². The molecule has 190 valence electrons. The molecule has 0 radical (unpaired) electrons. The molecular weight excluding hydrogens is 481 g/mol. The Morgan fingerprint density at radius 1 is 1.03 bits per heavy atom. The Kier molecular flexibility index (Phi) is 7.67. The number of hydrogen-bond acceptors (Lipinski definition) is 8. The third kappa shape index (κ3) is 6.90. The number of alkyl halides is 3. The lowest BCUT2D eigenvalue weighted by Crippen LogP contribution is -2.47. The number of halogens is 3. The smallest absolute Gasteiger partial charge is 0.457 e. The molecule has 1 unspecified atom stereocenters. The van der Waals surface area contributed by atoms with Crippen molar-refractivity contribution in [3.63, 3.8) is 0 Å². The molecule has 0 aliphatic carbocycles. The number of carbonyl (C=O) groups is 1. The molecule has 0 saturated carbocycles. The second-order valence-corrected chi connectivity index (χ2v) is 8.01. The highest BCUT2D eigenvalue weighted by molar-refractivity contribution is 5.78. The van der Waals surface area contributed by atoms with E-state index in [1.807, 2.05) is 4.90 Å². The third-order valence-electron chi connectivity index (χ3n) is 5.22. The Hall–Kier alpha value is -3.74. The number of aliphatic hydroxyl groups is 2. The fourth-order valence-electron chi connectivity index (χ4n) is 3.57. The summed E-state index contributed by atoms with van der Waals surface area (Å²) in [6.07, 6.45) is -5.96. The summed E-state index contributed by atoms with van der Waals surface area (Å²) >= 11 is 0. The summed E-state index contributed by atoms with van der Waals surface area (Å²) in [7, 11) is 0. The average Bonchev–Trinajstić information content (AvgIpc) is 2.84. The van der Waals surface area contributed by atoms with E-state index in [1.165, 1.54) is 12.1 Å². The van der Waals surface area contributed by atoms with E-state index in [2.05, 4.69) is 20.0 Å². The largest absolute Gasteiger partial charge is 0.573 e. The van der Waals surface area contributed by atoms with Crippen LogP contribution in [0.5, 0.6) is 17.2 Å². The van der Waals surface area contributed by atoms with Crippen LogP contribution < -0.4 is 14.8 Å². The van der Waals surface area contributed by atoms with Gasteiger partial charge in [0.1, 0.15) is 23.4 Å². The number of piperazine rings is 1. The number of aromatic nitrogens is 2. The van der Waals surface area contributed by atoms with Crippen LogP contribution in [0.3, 0.4) is 0 Å². The molecule has 1 fully saturated rings. The maximum absolute atomic E-state index is 12.3. The van der Waals surface area contributed by atoms with E-state index in [1.54, 1.807) is 30.3 Å². The number of carbonyl (C=O) groups excluding carboxylic acids is 1. The molecular formula is C24H23F3N4O5. The van der Waals surface area contributed by atoms with Crippen molar-refractivity contribution in [1.29, 1.82) is 0 Å². The second kappa shape index (κ2) is 10.9. The number of nitrogens with one attached hydrogen (secondary N) is 1. The van der Waals surface area contributed by atoms with Crippen LogP contribution in [0.4, 0.5) is 13.2 Å². The Labute approximate surface area is 204 Å². The van der Waals surface area contributed by atoms with E-state index in [4.69, 9.17) is 4.74 Å². The minimum absolute atomic E-state index is 0.0794. The van der Waals surface area contributed by atoms with Crippen LogP contribution in [-0.2, 0) is 11.3 Å². The summed E-state index contributed by atoms with van der Waals surface area (Å²) in [6.45, 7) is 1.26. The fraction of sp³-hybridized carbons (Fsp3) is 0.292. The minimum Gasteiger partial charge on any atom is -0.457 e. The van der Waals surface area contributed by atoms with Crippen molar-refractivity contribution in [2.75, 3.05) is 26.2 Å². The van der Waals surface area contributed by atoms with E-state index >= 15 is 0 Å². The van der Waals surface area contributed by atoms with Gasteiger partial charge in [-0.2, -0.15) is 0 Å². The fourth-order valence-corrected chi connectivity index (χ4v) is 3.57. The normalized spacial score (nSPS) is 15.3. The number of amides is 1. The number of benzene rings is 2.